The molecule has 7 nitrogen and oxygen atoms in total. The zero-order valence-electron chi connectivity index (χ0n) is 15.7. The maximum Gasteiger partial charge on any atom is 0.196 e. The molecule has 2 atom stereocenters. The number of fused-ring (bicyclic) bond motifs is 1. The maximum atomic E-state index is 11.8. The lowest BCUT2D eigenvalue weighted by molar-refractivity contribution is 0.112. The average molecular weight is 398 g/mol. The molecule has 0 amide bonds. The van der Waals surface area contributed by atoms with Crippen LogP contribution < -0.4 is 5.32 Å². The van der Waals surface area contributed by atoms with Crippen LogP contribution in [0.15, 0.2) is 34.6 Å². The fourth-order valence-electron chi connectivity index (χ4n) is 3.67. The van der Waals surface area contributed by atoms with Crippen molar-refractivity contribution in [3.63, 3.8) is 0 Å². The van der Waals surface area contributed by atoms with E-state index in [0.29, 0.717) is 34.0 Å². The van der Waals surface area contributed by atoms with Crippen molar-refractivity contribution in [3.05, 3.63) is 35.8 Å². The molecule has 0 aliphatic heterocycles. The number of aromatic nitrogens is 4. The van der Waals surface area contributed by atoms with Crippen LogP contribution in [0.4, 0.5) is 5.82 Å². The Bertz CT molecular complexity index is 976. The summed E-state index contributed by atoms with van der Waals surface area (Å²) in [6, 6.07) is 3.74. The van der Waals surface area contributed by atoms with Crippen LogP contribution in [0.3, 0.4) is 0 Å². The number of hydrogen-bond acceptors (Lipinski definition) is 7. The summed E-state index contributed by atoms with van der Waals surface area (Å²) >= 11 is 1.41. The molecule has 0 spiro atoms. The van der Waals surface area contributed by atoms with Gasteiger partial charge < -0.3 is 15.4 Å². The Kier molecular flexibility index (Phi) is 5.59. The highest BCUT2D eigenvalue weighted by atomic mass is 32.2. The van der Waals surface area contributed by atoms with Gasteiger partial charge in [0.05, 0.1) is 17.5 Å². The third-order valence-corrected chi connectivity index (χ3v) is 5.96. The molecule has 1 aliphatic rings. The fourth-order valence-corrected chi connectivity index (χ4v) is 4.42. The van der Waals surface area contributed by atoms with E-state index in [4.69, 9.17) is 4.98 Å². The molecule has 28 heavy (non-hydrogen) atoms. The van der Waals surface area contributed by atoms with Gasteiger partial charge in [0, 0.05) is 28.5 Å². The van der Waals surface area contributed by atoms with E-state index < -0.39 is 6.10 Å². The van der Waals surface area contributed by atoms with Crippen molar-refractivity contribution in [2.45, 2.75) is 61.2 Å². The SMILES string of the molecule is CCc1[nH]c2nc(Sc3cccnc3)nc(NC3CCCCC3O)c2c1C=O. The molecular formula is C20H23N5O2S. The highest BCUT2D eigenvalue weighted by Crippen LogP contribution is 2.33. The van der Waals surface area contributed by atoms with Crippen molar-refractivity contribution < 1.29 is 9.90 Å². The largest absolute Gasteiger partial charge is 0.391 e. The molecule has 1 fully saturated rings. The van der Waals surface area contributed by atoms with E-state index in [0.717, 1.165) is 42.6 Å². The number of aryl methyl sites for hydroxylation is 1. The molecule has 0 radical (unpaired) electrons. The molecule has 0 bridgehead atoms. The van der Waals surface area contributed by atoms with Gasteiger partial charge in [0.1, 0.15) is 11.5 Å². The predicted molar refractivity (Wildman–Crippen MR) is 109 cm³/mol. The van der Waals surface area contributed by atoms with Gasteiger partial charge in [0.2, 0.25) is 0 Å². The second-order valence-electron chi connectivity index (χ2n) is 6.96. The van der Waals surface area contributed by atoms with Gasteiger partial charge in [-0.2, -0.15) is 0 Å². The summed E-state index contributed by atoms with van der Waals surface area (Å²) in [7, 11) is 0. The molecule has 3 aromatic rings. The van der Waals surface area contributed by atoms with Crippen molar-refractivity contribution in [2.24, 2.45) is 0 Å². The van der Waals surface area contributed by atoms with Crippen LogP contribution >= 0.6 is 11.8 Å². The molecule has 1 aliphatic carbocycles. The molecule has 0 aromatic carbocycles. The van der Waals surface area contributed by atoms with Crippen LogP contribution in [0.5, 0.6) is 0 Å². The average Bonchev–Trinajstić information content (AvgIpc) is 3.08. The van der Waals surface area contributed by atoms with Crippen molar-refractivity contribution in [2.75, 3.05) is 5.32 Å². The minimum Gasteiger partial charge on any atom is -0.391 e. The number of H-pyrrole nitrogens is 1. The van der Waals surface area contributed by atoms with Gasteiger partial charge in [-0.3, -0.25) is 9.78 Å². The lowest BCUT2D eigenvalue weighted by Gasteiger charge is -2.29. The lowest BCUT2D eigenvalue weighted by Crippen LogP contribution is -2.36. The van der Waals surface area contributed by atoms with Crippen molar-refractivity contribution in [3.8, 4) is 0 Å². The summed E-state index contributed by atoms with van der Waals surface area (Å²) in [5.41, 5.74) is 2.06. The zero-order chi connectivity index (χ0) is 19.5. The predicted octanol–water partition coefficient (Wildman–Crippen LogP) is 3.59. The Hall–Kier alpha value is -2.45. The fraction of sp³-hybridized carbons (Fsp3) is 0.400. The number of anilines is 1. The summed E-state index contributed by atoms with van der Waals surface area (Å²) in [4.78, 5) is 29.4. The van der Waals surface area contributed by atoms with Gasteiger partial charge in [-0.15, -0.1) is 0 Å². The molecule has 3 aromatic heterocycles. The van der Waals surface area contributed by atoms with Crippen LogP contribution in [-0.4, -0.2) is 43.5 Å². The number of carbonyl (C=O) groups excluding carboxylic acids is 1. The Morgan fingerprint density at radius 3 is 2.93 bits per heavy atom. The summed E-state index contributed by atoms with van der Waals surface area (Å²) in [6.07, 6.45) is 8.37. The van der Waals surface area contributed by atoms with Crippen molar-refractivity contribution >= 4 is 34.9 Å². The molecule has 3 N–H and O–H groups in total. The number of aromatic amines is 1. The molecule has 146 valence electrons. The second kappa shape index (κ2) is 8.28. The summed E-state index contributed by atoms with van der Waals surface area (Å²) in [5.74, 6) is 0.598. The van der Waals surface area contributed by atoms with Crippen molar-refractivity contribution in [1.29, 1.82) is 0 Å². The number of aliphatic hydroxyl groups excluding tert-OH is 1. The van der Waals surface area contributed by atoms with Gasteiger partial charge >= 0.3 is 0 Å². The first kappa shape index (κ1) is 18.9. The van der Waals surface area contributed by atoms with E-state index >= 15 is 0 Å². The van der Waals surface area contributed by atoms with E-state index in [9.17, 15) is 9.90 Å². The zero-order valence-corrected chi connectivity index (χ0v) is 16.5. The number of nitrogens with one attached hydrogen (secondary N) is 2. The number of nitrogens with zero attached hydrogens (tertiary/aromatic N) is 3. The van der Waals surface area contributed by atoms with Crippen LogP contribution in [-0.2, 0) is 6.42 Å². The van der Waals surface area contributed by atoms with Crippen LogP contribution in [0.1, 0.15) is 48.7 Å². The van der Waals surface area contributed by atoms with E-state index in [2.05, 4.69) is 20.3 Å². The molecular weight excluding hydrogens is 374 g/mol. The Morgan fingerprint density at radius 2 is 2.21 bits per heavy atom. The molecule has 3 heterocycles. The van der Waals surface area contributed by atoms with Gasteiger partial charge in [0.15, 0.2) is 11.4 Å². The standard InChI is InChI=1S/C20H23N5O2S/c1-2-14-13(11-26)17-18(22-14)24-20(28-12-6-5-9-21-10-12)25-19(17)23-15-7-3-4-8-16(15)27/h5-6,9-11,15-16,27H,2-4,7-8H2,1H3,(H2,22,23,24,25). The van der Waals surface area contributed by atoms with E-state index in [1.165, 1.54) is 11.8 Å². The molecule has 4 rings (SSSR count). The number of pyridine rings is 1. The summed E-state index contributed by atoms with van der Waals surface area (Å²) in [5, 5.41) is 15.1. The highest BCUT2D eigenvalue weighted by molar-refractivity contribution is 7.99. The first-order valence-electron chi connectivity index (χ1n) is 9.59. The minimum atomic E-state index is -0.419. The third kappa shape index (κ3) is 3.74. The topological polar surface area (TPSA) is 104 Å². The number of aldehydes is 1. The first-order valence-corrected chi connectivity index (χ1v) is 10.4. The minimum absolute atomic E-state index is 0.0810. The first-order chi connectivity index (χ1) is 13.7. The Labute approximate surface area is 167 Å². The van der Waals surface area contributed by atoms with E-state index in [1.54, 1.807) is 12.4 Å². The third-order valence-electron chi connectivity index (χ3n) is 5.12. The van der Waals surface area contributed by atoms with E-state index in [-0.39, 0.29) is 6.04 Å². The number of aliphatic hydroxyl groups is 1. The number of rotatable bonds is 6. The quantitative estimate of drug-likeness (QED) is 0.431. The van der Waals surface area contributed by atoms with Gasteiger partial charge in [-0.1, -0.05) is 19.8 Å². The molecule has 0 saturated heterocycles. The summed E-state index contributed by atoms with van der Waals surface area (Å²) in [6.45, 7) is 1.99. The molecule has 2 unspecified atom stereocenters. The van der Waals surface area contributed by atoms with Crippen LogP contribution in [0.25, 0.3) is 11.0 Å². The number of carbonyl (C=O) groups is 1. The van der Waals surface area contributed by atoms with Crippen LogP contribution in [0, 0.1) is 0 Å². The summed E-state index contributed by atoms with van der Waals surface area (Å²) < 4.78 is 0. The van der Waals surface area contributed by atoms with Gasteiger partial charge in [-0.25, -0.2) is 9.97 Å². The smallest absolute Gasteiger partial charge is 0.196 e. The van der Waals surface area contributed by atoms with Gasteiger partial charge in [0.25, 0.3) is 0 Å². The molecule has 8 heteroatoms. The molecule has 1 saturated carbocycles. The lowest BCUT2D eigenvalue weighted by atomic mass is 9.92. The highest BCUT2D eigenvalue weighted by Gasteiger charge is 2.26. The maximum absolute atomic E-state index is 11.8. The van der Waals surface area contributed by atoms with Crippen LogP contribution in [0.2, 0.25) is 0 Å². The number of hydrogen-bond donors (Lipinski definition) is 3. The van der Waals surface area contributed by atoms with Crippen molar-refractivity contribution in [1.82, 2.24) is 19.9 Å². The Balaban J connectivity index is 1.78. The normalized spacial score (nSPS) is 19.6. The van der Waals surface area contributed by atoms with E-state index in [1.807, 2.05) is 19.1 Å². The second-order valence-corrected chi connectivity index (χ2v) is 8.00. The Morgan fingerprint density at radius 1 is 1.36 bits per heavy atom. The monoisotopic (exact) mass is 397 g/mol. The van der Waals surface area contributed by atoms with Gasteiger partial charge in [-0.05, 0) is 43.2 Å².